The van der Waals surface area contributed by atoms with E-state index in [1.54, 1.807) is 0 Å². The Labute approximate surface area is 137 Å². The summed E-state index contributed by atoms with van der Waals surface area (Å²) in [7, 11) is 0. The lowest BCUT2D eigenvalue weighted by Gasteiger charge is -2.14. The lowest BCUT2D eigenvalue weighted by molar-refractivity contribution is -0.141. The number of nitrogens with one attached hydrogen (secondary N) is 1. The molecular weight excluding hydrogens is 323 g/mol. The summed E-state index contributed by atoms with van der Waals surface area (Å²) in [6.07, 6.45) is -3.36. The maximum absolute atomic E-state index is 12.4. The highest BCUT2D eigenvalue weighted by atomic mass is 19.4. The largest absolute Gasteiger partial charge is 0.435 e. The van der Waals surface area contributed by atoms with Gasteiger partial charge >= 0.3 is 6.18 Å². The minimum atomic E-state index is -4.50. The number of hydrogen-bond acceptors (Lipinski definition) is 3. The van der Waals surface area contributed by atoms with Crippen molar-refractivity contribution in [3.8, 4) is 0 Å². The molecule has 0 saturated carbocycles. The van der Waals surface area contributed by atoms with Gasteiger partial charge in [0, 0.05) is 25.0 Å². The third kappa shape index (κ3) is 4.84. The number of aromatic nitrogens is 4. The van der Waals surface area contributed by atoms with Crippen LogP contribution in [0.15, 0.2) is 18.3 Å². The smallest absolute Gasteiger partial charge is 0.354 e. The Hall–Kier alpha value is -2.32. The summed E-state index contributed by atoms with van der Waals surface area (Å²) in [5.41, 5.74) is 0.970. The molecule has 1 unspecified atom stereocenters. The van der Waals surface area contributed by atoms with Crippen LogP contribution in [0.25, 0.3) is 0 Å². The SMILES string of the molecule is Cc1cc(C)n(CC(C)CNC(=O)Cn2ccc(C(F)(F)F)n2)n1. The van der Waals surface area contributed by atoms with Crippen LogP contribution in [0.3, 0.4) is 0 Å². The maximum atomic E-state index is 12.4. The highest BCUT2D eigenvalue weighted by Gasteiger charge is 2.33. The number of aryl methyl sites for hydroxylation is 2. The van der Waals surface area contributed by atoms with E-state index in [2.05, 4.69) is 15.5 Å². The van der Waals surface area contributed by atoms with Gasteiger partial charge in [-0.2, -0.15) is 23.4 Å². The predicted molar refractivity (Wildman–Crippen MR) is 81.1 cm³/mol. The van der Waals surface area contributed by atoms with Gasteiger partial charge in [-0.1, -0.05) is 6.92 Å². The summed E-state index contributed by atoms with van der Waals surface area (Å²) < 4.78 is 40.2. The highest BCUT2D eigenvalue weighted by molar-refractivity contribution is 5.75. The van der Waals surface area contributed by atoms with E-state index in [-0.39, 0.29) is 18.4 Å². The molecule has 0 spiro atoms. The first-order chi connectivity index (χ1) is 11.1. The number of hydrogen-bond donors (Lipinski definition) is 1. The summed E-state index contributed by atoms with van der Waals surface area (Å²) >= 11 is 0. The van der Waals surface area contributed by atoms with E-state index in [4.69, 9.17) is 0 Å². The molecule has 0 saturated heterocycles. The minimum absolute atomic E-state index is 0.135. The zero-order valence-corrected chi connectivity index (χ0v) is 13.8. The lowest BCUT2D eigenvalue weighted by atomic mass is 10.2. The van der Waals surface area contributed by atoms with Gasteiger partial charge in [0.05, 0.1) is 5.69 Å². The number of halogens is 3. The van der Waals surface area contributed by atoms with Crippen molar-refractivity contribution in [3.05, 3.63) is 35.4 Å². The van der Waals surface area contributed by atoms with Gasteiger partial charge in [-0.25, -0.2) is 0 Å². The van der Waals surface area contributed by atoms with Gasteiger partial charge in [0.1, 0.15) is 6.54 Å². The Balaban J connectivity index is 1.80. The highest BCUT2D eigenvalue weighted by Crippen LogP contribution is 2.27. The molecule has 1 amide bonds. The van der Waals surface area contributed by atoms with Crippen molar-refractivity contribution >= 4 is 5.91 Å². The minimum Gasteiger partial charge on any atom is -0.354 e. The number of rotatable bonds is 6. The summed E-state index contributed by atoms with van der Waals surface area (Å²) in [5, 5.41) is 10.4. The number of carbonyl (C=O) groups is 1. The second kappa shape index (κ2) is 7.06. The topological polar surface area (TPSA) is 64.7 Å². The van der Waals surface area contributed by atoms with Crippen LogP contribution < -0.4 is 5.32 Å². The van der Waals surface area contributed by atoms with Crippen molar-refractivity contribution in [1.82, 2.24) is 24.9 Å². The van der Waals surface area contributed by atoms with Gasteiger partial charge < -0.3 is 5.32 Å². The fourth-order valence-corrected chi connectivity index (χ4v) is 2.31. The molecular formula is C15H20F3N5O. The van der Waals surface area contributed by atoms with Gasteiger partial charge in [-0.15, -0.1) is 0 Å². The van der Waals surface area contributed by atoms with E-state index in [1.807, 2.05) is 31.5 Å². The third-order valence-electron chi connectivity index (χ3n) is 3.47. The normalized spacial score (nSPS) is 13.1. The molecule has 9 heteroatoms. The summed E-state index contributed by atoms with van der Waals surface area (Å²) in [6, 6.07) is 2.82. The van der Waals surface area contributed by atoms with Gasteiger partial charge in [0.2, 0.25) is 5.91 Å². The number of carbonyl (C=O) groups excluding carboxylic acids is 1. The van der Waals surface area contributed by atoms with Gasteiger partial charge in [-0.05, 0) is 31.9 Å². The first-order valence-corrected chi connectivity index (χ1v) is 7.53. The van der Waals surface area contributed by atoms with Crippen molar-refractivity contribution in [1.29, 1.82) is 0 Å². The molecule has 0 aliphatic carbocycles. The zero-order valence-electron chi connectivity index (χ0n) is 13.8. The van der Waals surface area contributed by atoms with E-state index in [0.717, 1.165) is 28.3 Å². The average molecular weight is 343 g/mol. The summed E-state index contributed by atoms with van der Waals surface area (Å²) in [5.74, 6) is -0.248. The Bertz CT molecular complexity index is 704. The molecule has 0 bridgehead atoms. The average Bonchev–Trinajstić information content (AvgIpc) is 3.03. The fourth-order valence-electron chi connectivity index (χ4n) is 2.31. The molecule has 24 heavy (non-hydrogen) atoms. The Morgan fingerprint density at radius 1 is 1.33 bits per heavy atom. The Kier molecular flexibility index (Phi) is 5.30. The van der Waals surface area contributed by atoms with Crippen molar-refractivity contribution in [2.45, 2.75) is 40.0 Å². The van der Waals surface area contributed by atoms with E-state index in [1.165, 1.54) is 0 Å². The molecule has 0 aromatic carbocycles. The standard InChI is InChI=1S/C15H20F3N5O/c1-10(8-23-12(3)6-11(2)20-23)7-19-14(24)9-22-5-4-13(21-22)15(16,17)18/h4-6,10H,7-9H2,1-3H3,(H,19,24). The number of amides is 1. The molecule has 0 aliphatic heterocycles. The van der Waals surface area contributed by atoms with Crippen molar-refractivity contribution in [2.75, 3.05) is 6.54 Å². The van der Waals surface area contributed by atoms with Crippen molar-refractivity contribution in [2.24, 2.45) is 5.92 Å². The van der Waals surface area contributed by atoms with Crippen molar-refractivity contribution in [3.63, 3.8) is 0 Å². The summed E-state index contributed by atoms with van der Waals surface area (Å²) in [4.78, 5) is 11.8. The predicted octanol–water partition coefficient (Wildman–Crippen LogP) is 2.17. The van der Waals surface area contributed by atoms with Gasteiger partial charge in [0.25, 0.3) is 0 Å². The van der Waals surface area contributed by atoms with Crippen LogP contribution in [0.2, 0.25) is 0 Å². The quantitative estimate of drug-likeness (QED) is 0.874. The molecule has 2 aromatic rings. The van der Waals surface area contributed by atoms with E-state index in [9.17, 15) is 18.0 Å². The molecule has 0 fully saturated rings. The first-order valence-electron chi connectivity index (χ1n) is 7.53. The van der Waals surface area contributed by atoms with Gasteiger partial charge in [0.15, 0.2) is 5.69 Å². The van der Waals surface area contributed by atoms with Crippen LogP contribution in [0.1, 0.15) is 24.0 Å². The van der Waals surface area contributed by atoms with Crippen LogP contribution in [0.4, 0.5) is 13.2 Å². The molecule has 0 radical (unpaired) electrons. The zero-order chi connectivity index (χ0) is 17.9. The number of alkyl halides is 3. The summed E-state index contributed by atoms with van der Waals surface area (Å²) in [6.45, 7) is 6.65. The fraction of sp³-hybridized carbons (Fsp3) is 0.533. The van der Waals surface area contributed by atoms with Crippen LogP contribution in [0.5, 0.6) is 0 Å². The Morgan fingerprint density at radius 2 is 2.04 bits per heavy atom. The van der Waals surface area contributed by atoms with Gasteiger partial charge in [-0.3, -0.25) is 14.2 Å². The first kappa shape index (κ1) is 18.0. The molecule has 6 nitrogen and oxygen atoms in total. The van der Waals surface area contributed by atoms with Crippen molar-refractivity contribution < 1.29 is 18.0 Å². The molecule has 0 aliphatic rings. The molecule has 2 rings (SSSR count). The van der Waals surface area contributed by atoms with E-state index >= 15 is 0 Å². The Morgan fingerprint density at radius 3 is 2.58 bits per heavy atom. The monoisotopic (exact) mass is 343 g/mol. The molecule has 2 heterocycles. The van der Waals surface area contributed by atoms with Crippen LogP contribution in [0, 0.1) is 19.8 Å². The second-order valence-corrected chi connectivity index (χ2v) is 5.91. The van der Waals surface area contributed by atoms with Crippen LogP contribution in [-0.2, 0) is 24.1 Å². The maximum Gasteiger partial charge on any atom is 0.435 e. The van der Waals surface area contributed by atoms with E-state index < -0.39 is 11.9 Å². The molecule has 1 atom stereocenters. The van der Waals surface area contributed by atoms with E-state index in [0.29, 0.717) is 13.1 Å². The second-order valence-electron chi connectivity index (χ2n) is 5.91. The molecule has 132 valence electrons. The number of nitrogens with zero attached hydrogens (tertiary/aromatic N) is 4. The third-order valence-corrected chi connectivity index (χ3v) is 3.47. The van der Waals surface area contributed by atoms with Crippen LogP contribution in [-0.4, -0.2) is 32.0 Å². The lowest BCUT2D eigenvalue weighted by Crippen LogP contribution is -2.33. The molecule has 2 aromatic heterocycles. The molecule has 1 N–H and O–H groups in total. The van der Waals surface area contributed by atoms with Crippen LogP contribution >= 0.6 is 0 Å².